The monoisotopic (exact) mass is 211 g/mol. The van der Waals surface area contributed by atoms with Crippen LogP contribution in [0.3, 0.4) is 0 Å². The third-order valence-electron chi connectivity index (χ3n) is 2.21. The van der Waals surface area contributed by atoms with Gasteiger partial charge in [-0.05, 0) is 6.07 Å². The topological polar surface area (TPSA) is 98.3 Å². The number of fused-ring (bicyclic) bond motifs is 1. The Morgan fingerprint density at radius 1 is 1.53 bits per heavy atom. The summed E-state index contributed by atoms with van der Waals surface area (Å²) in [5.41, 5.74) is 4.78. The van der Waals surface area contributed by atoms with Gasteiger partial charge in [-0.25, -0.2) is 4.39 Å². The van der Waals surface area contributed by atoms with Gasteiger partial charge in [-0.1, -0.05) is 0 Å². The summed E-state index contributed by atoms with van der Waals surface area (Å²) in [5.74, 6) is -1.37. The predicted octanol–water partition coefficient (Wildman–Crippen LogP) is 0.686. The van der Waals surface area contributed by atoms with Crippen LogP contribution in [0.4, 0.5) is 15.8 Å². The third-order valence-corrected chi connectivity index (χ3v) is 2.21. The van der Waals surface area contributed by atoms with Gasteiger partial charge < -0.3 is 11.1 Å². The fraction of sp³-hybridized carbons (Fsp3) is 0.125. The molecule has 1 aromatic carbocycles. The summed E-state index contributed by atoms with van der Waals surface area (Å²) in [5, 5.41) is 12.8. The van der Waals surface area contributed by atoms with Crippen LogP contribution in [0.1, 0.15) is 11.6 Å². The number of amides is 1. The summed E-state index contributed by atoms with van der Waals surface area (Å²) >= 11 is 0. The summed E-state index contributed by atoms with van der Waals surface area (Å²) in [6.07, 6.45) is 0. The molecule has 0 bridgehead atoms. The van der Waals surface area contributed by atoms with E-state index in [2.05, 4.69) is 5.32 Å². The fourth-order valence-corrected chi connectivity index (χ4v) is 1.52. The van der Waals surface area contributed by atoms with Crippen molar-refractivity contribution in [3.8, 4) is 0 Å². The zero-order chi connectivity index (χ0) is 11.2. The Labute approximate surface area is 83.0 Å². The summed E-state index contributed by atoms with van der Waals surface area (Å²) in [6, 6.07) is 0.736. The summed E-state index contributed by atoms with van der Waals surface area (Å²) in [7, 11) is 0. The Balaban J connectivity index is 2.71. The van der Waals surface area contributed by atoms with Crippen LogP contribution in [-0.2, 0) is 4.79 Å². The highest BCUT2D eigenvalue weighted by Gasteiger charge is 2.36. The molecule has 0 radical (unpaired) electrons. The van der Waals surface area contributed by atoms with E-state index in [1.54, 1.807) is 0 Å². The van der Waals surface area contributed by atoms with Crippen molar-refractivity contribution in [1.82, 2.24) is 0 Å². The van der Waals surface area contributed by atoms with Crippen molar-refractivity contribution in [3.63, 3.8) is 0 Å². The first-order valence-corrected chi connectivity index (χ1v) is 4.05. The summed E-state index contributed by atoms with van der Waals surface area (Å²) < 4.78 is 13.2. The van der Waals surface area contributed by atoms with Crippen LogP contribution < -0.4 is 11.1 Å². The first-order valence-electron chi connectivity index (χ1n) is 4.05. The molecular weight excluding hydrogens is 205 g/mol. The molecule has 3 N–H and O–H groups in total. The van der Waals surface area contributed by atoms with Gasteiger partial charge in [-0.15, -0.1) is 0 Å². The lowest BCUT2D eigenvalue weighted by atomic mass is 10.1. The van der Waals surface area contributed by atoms with E-state index in [-0.39, 0.29) is 16.9 Å². The minimum absolute atomic E-state index is 0.0926. The van der Waals surface area contributed by atoms with E-state index in [9.17, 15) is 19.3 Å². The van der Waals surface area contributed by atoms with E-state index in [4.69, 9.17) is 5.73 Å². The predicted molar refractivity (Wildman–Crippen MR) is 48.6 cm³/mol. The number of nitro benzene ring substituents is 1. The number of nitrogens with zero attached hydrogens (tertiary/aromatic N) is 1. The quantitative estimate of drug-likeness (QED) is 0.527. The zero-order valence-electron chi connectivity index (χ0n) is 7.36. The molecule has 2 rings (SSSR count). The lowest BCUT2D eigenvalue weighted by Gasteiger charge is -2.02. The minimum Gasteiger partial charge on any atom is -0.321 e. The van der Waals surface area contributed by atoms with Gasteiger partial charge in [0.25, 0.3) is 5.69 Å². The molecule has 1 aromatic rings. The molecule has 1 aliphatic rings. The van der Waals surface area contributed by atoms with Crippen LogP contribution >= 0.6 is 0 Å². The van der Waals surface area contributed by atoms with E-state index in [0.29, 0.717) is 0 Å². The number of carbonyl (C=O) groups excluding carboxylic acids is 1. The Morgan fingerprint density at radius 3 is 2.80 bits per heavy atom. The highest BCUT2D eigenvalue weighted by atomic mass is 19.1. The van der Waals surface area contributed by atoms with Gasteiger partial charge in [0.05, 0.1) is 16.2 Å². The average molecular weight is 211 g/mol. The molecule has 1 heterocycles. The fourth-order valence-electron chi connectivity index (χ4n) is 1.52. The number of hydrogen-bond donors (Lipinski definition) is 2. The normalized spacial score (nSPS) is 18.5. The van der Waals surface area contributed by atoms with E-state index in [1.165, 1.54) is 0 Å². The molecule has 0 spiro atoms. The first kappa shape index (κ1) is 9.53. The summed E-state index contributed by atoms with van der Waals surface area (Å²) in [4.78, 5) is 21.0. The van der Waals surface area contributed by atoms with Crippen molar-refractivity contribution in [2.75, 3.05) is 5.32 Å². The summed E-state index contributed by atoms with van der Waals surface area (Å²) in [6.45, 7) is 0. The zero-order valence-corrected chi connectivity index (χ0v) is 7.36. The van der Waals surface area contributed by atoms with Crippen LogP contribution in [0.2, 0.25) is 0 Å². The maximum absolute atomic E-state index is 13.2. The van der Waals surface area contributed by atoms with E-state index >= 15 is 0 Å². The molecule has 15 heavy (non-hydrogen) atoms. The number of halogens is 1. The molecule has 1 atom stereocenters. The largest absolute Gasteiger partial charge is 0.321 e. The van der Waals surface area contributed by atoms with Crippen molar-refractivity contribution in [1.29, 1.82) is 0 Å². The number of nitrogens with one attached hydrogen (secondary N) is 1. The van der Waals surface area contributed by atoms with Crippen LogP contribution in [0, 0.1) is 15.9 Å². The molecule has 0 aliphatic carbocycles. The molecule has 78 valence electrons. The minimum atomic E-state index is -1.18. The number of benzene rings is 1. The van der Waals surface area contributed by atoms with Crippen LogP contribution in [0.15, 0.2) is 12.1 Å². The van der Waals surface area contributed by atoms with Gasteiger partial charge in [-0.2, -0.15) is 0 Å². The Hall–Kier alpha value is -2.02. The smallest absolute Gasteiger partial charge is 0.277 e. The maximum atomic E-state index is 13.2. The highest BCUT2D eigenvalue weighted by molar-refractivity contribution is 6.04. The average Bonchev–Trinajstić information content (AvgIpc) is 2.46. The van der Waals surface area contributed by atoms with E-state index in [0.717, 1.165) is 12.1 Å². The Bertz CT molecular complexity index is 474. The van der Waals surface area contributed by atoms with Crippen molar-refractivity contribution < 1.29 is 14.1 Å². The van der Waals surface area contributed by atoms with Crippen molar-refractivity contribution in [2.45, 2.75) is 6.04 Å². The van der Waals surface area contributed by atoms with Crippen molar-refractivity contribution in [3.05, 3.63) is 33.6 Å². The molecule has 0 fully saturated rings. The van der Waals surface area contributed by atoms with Crippen molar-refractivity contribution in [2.24, 2.45) is 5.73 Å². The number of rotatable bonds is 1. The van der Waals surface area contributed by atoms with Crippen LogP contribution in [0.25, 0.3) is 0 Å². The molecule has 0 aromatic heterocycles. The molecule has 1 aliphatic heterocycles. The molecule has 1 unspecified atom stereocenters. The van der Waals surface area contributed by atoms with E-state index in [1.807, 2.05) is 0 Å². The second-order valence-corrected chi connectivity index (χ2v) is 3.08. The molecule has 0 saturated carbocycles. The second-order valence-electron chi connectivity index (χ2n) is 3.08. The molecule has 7 heteroatoms. The number of anilines is 1. The number of carbonyl (C=O) groups is 1. The Kier molecular flexibility index (Phi) is 1.90. The third kappa shape index (κ3) is 1.24. The first-order chi connectivity index (χ1) is 7.02. The lowest BCUT2D eigenvalue weighted by Crippen LogP contribution is -2.20. The van der Waals surface area contributed by atoms with Gasteiger partial charge in [0.15, 0.2) is 0 Å². The second kappa shape index (κ2) is 2.99. The van der Waals surface area contributed by atoms with E-state index < -0.39 is 22.7 Å². The number of nitro groups is 1. The Morgan fingerprint density at radius 2 is 2.20 bits per heavy atom. The molecule has 1 amide bonds. The van der Waals surface area contributed by atoms with Crippen molar-refractivity contribution >= 4 is 17.3 Å². The molecule has 0 saturated heterocycles. The maximum Gasteiger partial charge on any atom is 0.277 e. The van der Waals surface area contributed by atoms with Crippen LogP contribution in [0.5, 0.6) is 0 Å². The molecule has 6 nitrogen and oxygen atoms in total. The highest BCUT2D eigenvalue weighted by Crippen LogP contribution is 2.38. The number of nitrogens with two attached hydrogens (primary N) is 1. The van der Waals surface area contributed by atoms with Gasteiger partial charge in [0, 0.05) is 6.07 Å². The van der Waals surface area contributed by atoms with Gasteiger partial charge in [0.1, 0.15) is 11.9 Å². The SMILES string of the molecule is NC1C(=O)Nc2c(F)ccc([N+](=O)[O-])c21. The molecular formula is C8H6FN3O3. The van der Waals surface area contributed by atoms with Gasteiger partial charge >= 0.3 is 0 Å². The number of hydrogen-bond acceptors (Lipinski definition) is 4. The van der Waals surface area contributed by atoms with Gasteiger partial charge in [0.2, 0.25) is 5.91 Å². The lowest BCUT2D eigenvalue weighted by molar-refractivity contribution is -0.385. The standard InChI is InChI=1S/C8H6FN3O3/c9-3-1-2-4(12(14)15)5-6(10)8(13)11-7(3)5/h1-2,6H,10H2,(H,11,13). The van der Waals surface area contributed by atoms with Gasteiger partial charge in [-0.3, -0.25) is 14.9 Å². The van der Waals surface area contributed by atoms with Crippen LogP contribution in [-0.4, -0.2) is 10.8 Å².